The van der Waals surface area contributed by atoms with E-state index >= 15 is 0 Å². The van der Waals surface area contributed by atoms with Crippen molar-refractivity contribution in [3.63, 3.8) is 0 Å². The molecule has 1 aliphatic heterocycles. The van der Waals surface area contributed by atoms with Crippen LogP contribution in [0.2, 0.25) is 0 Å². The molecule has 0 spiro atoms. The zero-order valence-corrected chi connectivity index (χ0v) is 14.7. The zero-order chi connectivity index (χ0) is 17.2. The quantitative estimate of drug-likeness (QED) is 0.660. The first-order valence-corrected chi connectivity index (χ1v) is 9.15. The largest absolute Gasteiger partial charge is 0.335 e. The van der Waals surface area contributed by atoms with Crippen molar-refractivity contribution < 1.29 is 0 Å². The summed E-state index contributed by atoms with van der Waals surface area (Å²) in [4.78, 5) is 11.3. The second-order valence-corrected chi connectivity index (χ2v) is 6.91. The van der Waals surface area contributed by atoms with Crippen LogP contribution in [0.25, 0.3) is 16.7 Å². The van der Waals surface area contributed by atoms with Gasteiger partial charge in [0.2, 0.25) is 0 Å². The van der Waals surface area contributed by atoms with Gasteiger partial charge in [0, 0.05) is 31.2 Å². The fourth-order valence-corrected chi connectivity index (χ4v) is 4.17. The molecule has 3 heterocycles. The van der Waals surface area contributed by atoms with E-state index in [1.165, 1.54) is 0 Å². The van der Waals surface area contributed by atoms with Gasteiger partial charge in [0.1, 0.15) is 17.2 Å². The molecule has 0 unspecified atom stereocenters. The van der Waals surface area contributed by atoms with Gasteiger partial charge in [-0.1, -0.05) is 18.2 Å². The number of nitrogens with zero attached hydrogens (tertiary/aromatic N) is 5. The molecule has 1 fully saturated rings. The van der Waals surface area contributed by atoms with E-state index in [2.05, 4.69) is 33.1 Å². The van der Waals surface area contributed by atoms with Gasteiger partial charge in [-0.25, -0.2) is 9.97 Å². The van der Waals surface area contributed by atoms with Crippen LogP contribution in [0, 0.1) is 11.3 Å². The minimum absolute atomic E-state index is 0.606. The van der Waals surface area contributed by atoms with Crippen LogP contribution in [0.3, 0.4) is 0 Å². The van der Waals surface area contributed by atoms with E-state index in [9.17, 15) is 5.26 Å². The predicted octanol–water partition coefficient (Wildman–Crippen LogP) is 3.80. The monoisotopic (exact) mass is 347 g/mol. The maximum Gasteiger partial charge on any atom is 0.160 e. The van der Waals surface area contributed by atoms with Crippen LogP contribution in [0.15, 0.2) is 53.7 Å². The summed E-state index contributed by atoms with van der Waals surface area (Å²) >= 11 is 1.72. The molecule has 0 bridgehead atoms. The van der Waals surface area contributed by atoms with Crippen LogP contribution in [-0.2, 0) is 7.05 Å². The second-order valence-electron chi connectivity index (χ2n) is 5.82. The van der Waals surface area contributed by atoms with Gasteiger partial charge >= 0.3 is 0 Å². The lowest BCUT2D eigenvalue weighted by Crippen LogP contribution is -2.27. The Labute approximate surface area is 150 Å². The highest BCUT2D eigenvalue weighted by atomic mass is 32.2. The van der Waals surface area contributed by atoms with Gasteiger partial charge in [0.25, 0.3) is 0 Å². The Kier molecular flexibility index (Phi) is 4.16. The smallest absolute Gasteiger partial charge is 0.160 e. The minimum Gasteiger partial charge on any atom is -0.335 e. The maximum absolute atomic E-state index is 9.92. The Morgan fingerprint density at radius 1 is 1.20 bits per heavy atom. The summed E-state index contributed by atoms with van der Waals surface area (Å²) in [6.07, 6.45) is 2.84. The zero-order valence-electron chi connectivity index (χ0n) is 13.9. The number of hydrogen-bond donors (Lipinski definition) is 0. The van der Waals surface area contributed by atoms with E-state index in [1.807, 2.05) is 41.9 Å². The normalized spacial score (nSPS) is 16.7. The van der Waals surface area contributed by atoms with Crippen molar-refractivity contribution in [1.82, 2.24) is 14.5 Å². The number of thioether (sulfide) groups is 1. The molecule has 0 N–H and O–H groups in total. The Morgan fingerprint density at radius 3 is 2.80 bits per heavy atom. The Balaban J connectivity index is 1.89. The summed E-state index contributed by atoms with van der Waals surface area (Å²) < 4.78 is 1.90. The number of benzene rings is 1. The first kappa shape index (κ1) is 15.7. The van der Waals surface area contributed by atoms with Crippen LogP contribution in [0.1, 0.15) is 12.2 Å². The van der Waals surface area contributed by atoms with Crippen molar-refractivity contribution >= 4 is 34.2 Å². The molecule has 124 valence electrons. The van der Waals surface area contributed by atoms with Crippen molar-refractivity contribution in [3.8, 4) is 6.07 Å². The van der Waals surface area contributed by atoms with Crippen molar-refractivity contribution in [3.05, 3.63) is 59.5 Å². The first-order valence-electron chi connectivity index (χ1n) is 8.17. The number of aryl methyl sites for hydroxylation is 1. The number of para-hydroxylation sites is 1. The van der Waals surface area contributed by atoms with Crippen LogP contribution >= 0.6 is 11.8 Å². The van der Waals surface area contributed by atoms with Gasteiger partial charge in [-0.3, -0.25) is 0 Å². The summed E-state index contributed by atoms with van der Waals surface area (Å²) in [5.41, 5.74) is 3.31. The first-order chi connectivity index (χ1) is 12.3. The highest BCUT2D eigenvalue weighted by molar-refractivity contribution is 8.03. The van der Waals surface area contributed by atoms with Gasteiger partial charge in [-0.15, -0.1) is 11.8 Å². The minimum atomic E-state index is 0.606. The van der Waals surface area contributed by atoms with Crippen molar-refractivity contribution in [2.45, 2.75) is 6.42 Å². The lowest BCUT2D eigenvalue weighted by Gasteiger charge is -2.31. The van der Waals surface area contributed by atoms with Crippen molar-refractivity contribution in [1.29, 1.82) is 5.26 Å². The molecule has 4 rings (SSSR count). The van der Waals surface area contributed by atoms with Crippen LogP contribution < -0.4 is 4.90 Å². The third kappa shape index (κ3) is 2.77. The number of fused-ring (bicyclic) bond motifs is 1. The molecule has 25 heavy (non-hydrogen) atoms. The molecule has 3 aromatic rings. The van der Waals surface area contributed by atoms with Crippen molar-refractivity contribution in [2.24, 2.45) is 7.05 Å². The van der Waals surface area contributed by atoms with Crippen LogP contribution in [0.5, 0.6) is 0 Å². The van der Waals surface area contributed by atoms with Crippen LogP contribution in [-0.4, -0.2) is 26.8 Å². The van der Waals surface area contributed by atoms with Crippen molar-refractivity contribution in [2.75, 3.05) is 17.2 Å². The second kappa shape index (κ2) is 6.61. The van der Waals surface area contributed by atoms with Gasteiger partial charge in [0.15, 0.2) is 11.5 Å². The predicted molar refractivity (Wildman–Crippen MR) is 102 cm³/mol. The third-order valence-electron chi connectivity index (χ3n) is 4.25. The van der Waals surface area contributed by atoms with Gasteiger partial charge in [-0.05, 0) is 30.7 Å². The molecular weight excluding hydrogens is 330 g/mol. The van der Waals surface area contributed by atoms with Gasteiger partial charge < -0.3 is 9.47 Å². The van der Waals surface area contributed by atoms with Crippen LogP contribution in [0.4, 0.5) is 5.69 Å². The molecule has 0 aliphatic carbocycles. The summed E-state index contributed by atoms with van der Waals surface area (Å²) in [5.74, 6) is 1.67. The van der Waals surface area contributed by atoms with E-state index in [0.29, 0.717) is 11.4 Å². The maximum atomic E-state index is 9.92. The molecule has 5 nitrogen and oxygen atoms in total. The topological polar surface area (TPSA) is 57.7 Å². The fourth-order valence-electron chi connectivity index (χ4n) is 3.07. The lowest BCUT2D eigenvalue weighted by atomic mass is 10.2. The molecule has 6 heteroatoms. The number of imidazole rings is 1. The van der Waals surface area contributed by atoms with E-state index in [-0.39, 0.29) is 0 Å². The highest BCUT2D eigenvalue weighted by Crippen LogP contribution is 2.37. The number of hydrogen-bond acceptors (Lipinski definition) is 5. The Hall–Kier alpha value is -2.78. The number of allylic oxidation sites excluding steroid dienone is 1. The third-order valence-corrected chi connectivity index (χ3v) is 5.45. The summed E-state index contributed by atoms with van der Waals surface area (Å²) in [6, 6.07) is 16.4. The molecule has 1 saturated heterocycles. The molecular formula is C19H17N5S. The highest BCUT2D eigenvalue weighted by Gasteiger charge is 2.25. The standard InChI is InChI=1S/C19H17N5S/c1-23-17(22-16-9-5-10-21-18(16)23)15(13-20)19-24(11-6-12-25-19)14-7-3-2-4-8-14/h2-5,7-10H,6,11-12H2,1H3/b19-15+. The molecule has 1 aromatic carbocycles. The Bertz CT molecular complexity index is 984. The van der Waals surface area contributed by atoms with E-state index in [1.54, 1.807) is 18.0 Å². The van der Waals surface area contributed by atoms with E-state index in [4.69, 9.17) is 0 Å². The molecule has 1 aliphatic rings. The number of pyridine rings is 1. The van der Waals surface area contributed by atoms with E-state index in [0.717, 1.165) is 40.6 Å². The molecule has 0 saturated carbocycles. The average molecular weight is 347 g/mol. The SMILES string of the molecule is Cn1c(/C(C#N)=C2/SCCCN2c2ccccc2)nc2cccnc21. The number of rotatable bonds is 2. The molecule has 0 amide bonds. The summed E-state index contributed by atoms with van der Waals surface area (Å²) in [5, 5.41) is 10.9. The van der Waals surface area contributed by atoms with Gasteiger partial charge in [0.05, 0.1) is 5.03 Å². The number of aromatic nitrogens is 3. The summed E-state index contributed by atoms with van der Waals surface area (Å²) in [7, 11) is 1.91. The average Bonchev–Trinajstić information content (AvgIpc) is 3.01. The van der Waals surface area contributed by atoms with Gasteiger partial charge in [-0.2, -0.15) is 5.26 Å². The molecule has 0 radical (unpaired) electrons. The summed E-state index contributed by atoms with van der Waals surface area (Å²) in [6.45, 7) is 0.902. The lowest BCUT2D eigenvalue weighted by molar-refractivity contribution is 0.859. The Morgan fingerprint density at radius 2 is 2.04 bits per heavy atom. The number of anilines is 1. The molecule has 2 aromatic heterocycles. The van der Waals surface area contributed by atoms with E-state index < -0.39 is 0 Å². The molecule has 0 atom stereocenters. The fraction of sp³-hybridized carbons (Fsp3) is 0.211. The number of nitriles is 1.